The van der Waals surface area contributed by atoms with E-state index in [0.29, 0.717) is 28.2 Å². The van der Waals surface area contributed by atoms with Crippen LogP contribution in [0.3, 0.4) is 0 Å². The van der Waals surface area contributed by atoms with Crippen LogP contribution >= 0.6 is 0 Å². The number of hydrogen-bond acceptors (Lipinski definition) is 10. The SMILES string of the molecule is O=C(O)C1=C/C(=N/Nc2ccc(-c3ccc(N=Nc4cccc5cc(S(=O)(=O)[O-])cc(O)c45)cc3)cc2)C=CC1=O.[Na+]. The average molecular weight is 591 g/mol. The number of aliphatic carboxylic acids is 1. The van der Waals surface area contributed by atoms with Gasteiger partial charge in [0.25, 0.3) is 0 Å². The Kier molecular flexibility index (Phi) is 9.14. The van der Waals surface area contributed by atoms with Crippen molar-refractivity contribution in [3.8, 4) is 16.9 Å². The maximum absolute atomic E-state index is 11.6. The zero-order chi connectivity index (χ0) is 29.1. The summed E-state index contributed by atoms with van der Waals surface area (Å²) in [5, 5.41) is 32.6. The minimum Gasteiger partial charge on any atom is -0.744 e. The predicted molar refractivity (Wildman–Crippen MR) is 151 cm³/mol. The largest absolute Gasteiger partial charge is 1.00 e. The molecule has 0 fully saturated rings. The first kappa shape index (κ1) is 30.5. The molecule has 0 aromatic heterocycles. The Morgan fingerprint density at radius 3 is 2.19 bits per heavy atom. The van der Waals surface area contributed by atoms with Gasteiger partial charge in [-0.1, -0.05) is 36.4 Å². The van der Waals surface area contributed by atoms with Gasteiger partial charge in [0.2, 0.25) is 0 Å². The second kappa shape index (κ2) is 12.6. The summed E-state index contributed by atoms with van der Waals surface area (Å²) in [6.45, 7) is 0. The number of carbonyl (C=O) groups is 2. The molecule has 5 rings (SSSR count). The number of nitrogens with one attached hydrogen (secondary N) is 1. The number of aromatic hydroxyl groups is 1. The average Bonchev–Trinajstić information content (AvgIpc) is 2.95. The minimum atomic E-state index is -4.73. The molecule has 0 saturated carbocycles. The van der Waals surface area contributed by atoms with E-state index >= 15 is 0 Å². The van der Waals surface area contributed by atoms with Crippen molar-refractivity contribution < 1.29 is 62.3 Å². The second-order valence-electron chi connectivity index (χ2n) is 8.81. The molecule has 42 heavy (non-hydrogen) atoms. The molecule has 0 saturated heterocycles. The molecule has 0 aliphatic heterocycles. The number of allylic oxidation sites excluding steroid dienone is 3. The third kappa shape index (κ3) is 6.87. The van der Waals surface area contributed by atoms with Crippen LogP contribution in [0.15, 0.2) is 123 Å². The first-order valence-electron chi connectivity index (χ1n) is 11.9. The van der Waals surface area contributed by atoms with Crippen LogP contribution in [0.5, 0.6) is 5.75 Å². The van der Waals surface area contributed by atoms with Crippen LogP contribution in [0, 0.1) is 0 Å². The third-order valence-corrected chi connectivity index (χ3v) is 6.88. The second-order valence-corrected chi connectivity index (χ2v) is 10.2. The van der Waals surface area contributed by atoms with Crippen LogP contribution in [0.2, 0.25) is 0 Å². The summed E-state index contributed by atoms with van der Waals surface area (Å²) in [4.78, 5) is 22.2. The van der Waals surface area contributed by atoms with Gasteiger partial charge in [-0.15, -0.1) is 5.11 Å². The minimum absolute atomic E-state index is 0. The third-order valence-electron chi connectivity index (χ3n) is 6.06. The molecule has 0 spiro atoms. The van der Waals surface area contributed by atoms with Crippen molar-refractivity contribution in [2.75, 3.05) is 5.43 Å². The van der Waals surface area contributed by atoms with Crippen molar-refractivity contribution in [2.24, 2.45) is 15.3 Å². The Labute approximate surface area is 261 Å². The number of hydrogen-bond donors (Lipinski definition) is 3. The Morgan fingerprint density at radius 2 is 1.55 bits per heavy atom. The van der Waals surface area contributed by atoms with Gasteiger partial charge in [0.15, 0.2) is 5.78 Å². The van der Waals surface area contributed by atoms with Crippen LogP contribution in [-0.4, -0.2) is 40.6 Å². The molecule has 0 unspecified atom stereocenters. The number of ketones is 1. The quantitative estimate of drug-likeness (QED) is 0.0733. The number of carboxylic acids is 1. The molecule has 1 aliphatic rings. The van der Waals surface area contributed by atoms with Gasteiger partial charge in [0.05, 0.1) is 33.1 Å². The molecule has 1 aliphatic carbocycles. The van der Waals surface area contributed by atoms with E-state index in [9.17, 15) is 27.7 Å². The van der Waals surface area contributed by atoms with E-state index in [-0.39, 0.29) is 40.5 Å². The van der Waals surface area contributed by atoms with Gasteiger partial charge in [-0.05, 0) is 77.2 Å². The molecule has 0 atom stereocenters. The maximum atomic E-state index is 11.6. The van der Waals surface area contributed by atoms with E-state index in [1.807, 2.05) is 24.3 Å². The number of rotatable bonds is 7. The topological polar surface area (TPSA) is 181 Å². The number of anilines is 1. The van der Waals surface area contributed by atoms with E-state index < -0.39 is 32.5 Å². The molecule has 4 aromatic carbocycles. The predicted octanol–water partition coefficient (Wildman–Crippen LogP) is 2.45. The molecule has 0 heterocycles. The van der Waals surface area contributed by atoms with Crippen molar-refractivity contribution in [3.05, 3.63) is 103 Å². The monoisotopic (exact) mass is 590 g/mol. The molecule has 0 radical (unpaired) electrons. The number of nitrogens with zero attached hydrogens (tertiary/aromatic N) is 3. The van der Waals surface area contributed by atoms with Crippen molar-refractivity contribution in [1.82, 2.24) is 0 Å². The summed E-state index contributed by atoms with van der Waals surface area (Å²) in [6, 6.07) is 21.4. The van der Waals surface area contributed by atoms with Crippen LogP contribution < -0.4 is 35.0 Å². The standard InChI is InChI=1S/C29H20N4O7S.Na/c34-26-13-12-22(15-24(26)29(36)37)32-30-20-8-4-17(5-9-20)18-6-10-21(11-7-18)31-33-25-3-1-2-19-14-23(41(38,39)40)16-27(35)28(19)25;/h1-16,30,35H,(H,36,37)(H,38,39,40);/q;+1/p-1/b32-22+,33-31?;. The number of hydrazone groups is 1. The van der Waals surface area contributed by atoms with Crippen molar-refractivity contribution in [3.63, 3.8) is 0 Å². The summed E-state index contributed by atoms with van der Waals surface area (Å²) in [6.07, 6.45) is 3.78. The Hall–Kier alpha value is -4.46. The normalized spacial score (nSPS) is 14.2. The molecule has 0 bridgehead atoms. The molecule has 4 aromatic rings. The fourth-order valence-electron chi connectivity index (χ4n) is 4.04. The van der Waals surface area contributed by atoms with E-state index in [1.165, 1.54) is 18.2 Å². The number of carboxylic acid groups (broad SMARTS) is 1. The summed E-state index contributed by atoms with van der Waals surface area (Å²) in [5.74, 6) is -2.29. The number of carbonyl (C=O) groups excluding carboxylic acids is 1. The van der Waals surface area contributed by atoms with Crippen LogP contribution in [0.25, 0.3) is 21.9 Å². The number of phenols is 1. The summed E-state index contributed by atoms with van der Waals surface area (Å²) >= 11 is 0. The van der Waals surface area contributed by atoms with E-state index in [4.69, 9.17) is 5.11 Å². The molecule has 204 valence electrons. The van der Waals surface area contributed by atoms with Gasteiger partial charge in [-0.3, -0.25) is 10.2 Å². The molecule has 0 amide bonds. The van der Waals surface area contributed by atoms with Crippen LogP contribution in [0.4, 0.5) is 17.1 Å². The van der Waals surface area contributed by atoms with Gasteiger partial charge in [-0.2, -0.15) is 10.2 Å². The Morgan fingerprint density at radius 1 is 0.881 bits per heavy atom. The fraction of sp³-hybridized carbons (Fsp3) is 0. The first-order valence-corrected chi connectivity index (χ1v) is 13.3. The zero-order valence-electron chi connectivity index (χ0n) is 21.9. The van der Waals surface area contributed by atoms with E-state index in [2.05, 4.69) is 20.8 Å². The Bertz CT molecular complexity index is 1930. The van der Waals surface area contributed by atoms with Gasteiger partial charge >= 0.3 is 35.5 Å². The molecular weight excluding hydrogens is 571 g/mol. The van der Waals surface area contributed by atoms with Crippen molar-refractivity contribution in [2.45, 2.75) is 4.90 Å². The molecule has 3 N–H and O–H groups in total. The van der Waals surface area contributed by atoms with E-state index in [0.717, 1.165) is 23.3 Å². The number of azo groups is 1. The van der Waals surface area contributed by atoms with Crippen LogP contribution in [0.1, 0.15) is 0 Å². The van der Waals surface area contributed by atoms with Gasteiger partial charge in [0, 0.05) is 0 Å². The van der Waals surface area contributed by atoms with Gasteiger partial charge in [-0.25, -0.2) is 13.2 Å². The molecular formula is C29H19N4NaO7S. The fourth-order valence-corrected chi connectivity index (χ4v) is 4.57. The van der Waals surface area contributed by atoms with Crippen molar-refractivity contribution >= 4 is 55.4 Å². The number of phenolic OH excluding ortho intramolecular Hbond substituents is 1. The summed E-state index contributed by atoms with van der Waals surface area (Å²) < 4.78 is 34.1. The molecule has 11 nitrogen and oxygen atoms in total. The van der Waals surface area contributed by atoms with Crippen LogP contribution in [-0.2, 0) is 19.7 Å². The zero-order valence-corrected chi connectivity index (χ0v) is 24.7. The van der Waals surface area contributed by atoms with E-state index in [1.54, 1.807) is 42.5 Å². The van der Waals surface area contributed by atoms with Gasteiger partial charge in [0.1, 0.15) is 21.4 Å². The maximum Gasteiger partial charge on any atom is 1.00 e. The number of benzene rings is 4. The summed E-state index contributed by atoms with van der Waals surface area (Å²) in [7, 11) is -4.73. The first-order chi connectivity index (χ1) is 19.6. The van der Waals surface area contributed by atoms with Crippen molar-refractivity contribution in [1.29, 1.82) is 0 Å². The Balaban J connectivity index is 0.00000405. The number of fused-ring (bicyclic) bond motifs is 1. The summed E-state index contributed by atoms with van der Waals surface area (Å²) in [5.41, 5.74) is 6.08. The van der Waals surface area contributed by atoms with Gasteiger partial charge < -0.3 is 14.8 Å². The smallest absolute Gasteiger partial charge is 0.744 e. The molecule has 13 heteroatoms.